The van der Waals surface area contributed by atoms with Crippen molar-refractivity contribution >= 4 is 10.9 Å². The first-order valence-electron chi connectivity index (χ1n) is 10.4. The number of aliphatic hydroxyl groups excluding tert-OH is 1. The number of ether oxygens (including phenoxy) is 3. The summed E-state index contributed by atoms with van der Waals surface area (Å²) < 4.78 is 17.7. The highest BCUT2D eigenvalue weighted by Gasteiger charge is 2.16. The Hall–Kier alpha value is -3.71. The molecule has 0 aliphatic rings. The number of aryl methyl sites for hydroxylation is 2. The van der Waals surface area contributed by atoms with E-state index in [2.05, 4.69) is 9.97 Å². The third-order valence-electron chi connectivity index (χ3n) is 5.11. The molecule has 0 spiro atoms. The SMILES string of the molecule is COc1cc2c(Oc3cc(C)c(C)nc3-c3ccccn3)ccnc2cc1OCCCO. The van der Waals surface area contributed by atoms with E-state index in [-0.39, 0.29) is 6.61 Å². The summed E-state index contributed by atoms with van der Waals surface area (Å²) in [6, 6.07) is 13.2. The monoisotopic (exact) mass is 431 g/mol. The van der Waals surface area contributed by atoms with Gasteiger partial charge in [0.05, 0.1) is 24.9 Å². The zero-order valence-electron chi connectivity index (χ0n) is 18.3. The molecule has 0 aliphatic carbocycles. The Morgan fingerprint density at radius 2 is 1.78 bits per heavy atom. The van der Waals surface area contributed by atoms with Crippen LogP contribution in [0.25, 0.3) is 22.3 Å². The predicted molar refractivity (Wildman–Crippen MR) is 123 cm³/mol. The number of benzene rings is 1. The van der Waals surface area contributed by atoms with Crippen LogP contribution in [0.2, 0.25) is 0 Å². The minimum atomic E-state index is 0.0642. The summed E-state index contributed by atoms with van der Waals surface area (Å²) >= 11 is 0. The van der Waals surface area contributed by atoms with E-state index in [9.17, 15) is 0 Å². The van der Waals surface area contributed by atoms with Crippen LogP contribution >= 0.6 is 0 Å². The van der Waals surface area contributed by atoms with E-state index in [1.165, 1.54) is 0 Å². The maximum Gasteiger partial charge on any atom is 0.163 e. The summed E-state index contributed by atoms with van der Waals surface area (Å²) in [5.74, 6) is 2.37. The van der Waals surface area contributed by atoms with Crippen molar-refractivity contribution in [2.24, 2.45) is 0 Å². The number of hydrogen-bond donors (Lipinski definition) is 1. The molecular weight excluding hydrogens is 406 g/mol. The van der Waals surface area contributed by atoms with Gasteiger partial charge in [0.25, 0.3) is 0 Å². The standard InChI is InChI=1S/C25H25N3O4/c1-16-13-24(25(28-17(16)2)19-7-4-5-9-26-19)32-21-8-10-27-20-15-23(31-12-6-11-29)22(30-3)14-18(20)21/h4-5,7-10,13-15,29H,6,11-12H2,1-3H3. The summed E-state index contributed by atoms with van der Waals surface area (Å²) in [6.07, 6.45) is 3.96. The molecule has 0 radical (unpaired) electrons. The van der Waals surface area contributed by atoms with E-state index < -0.39 is 0 Å². The first-order valence-corrected chi connectivity index (χ1v) is 10.4. The smallest absolute Gasteiger partial charge is 0.163 e. The summed E-state index contributed by atoms with van der Waals surface area (Å²) in [6.45, 7) is 4.42. The molecule has 0 unspecified atom stereocenters. The lowest BCUT2D eigenvalue weighted by Crippen LogP contribution is -2.02. The lowest BCUT2D eigenvalue weighted by atomic mass is 10.1. The number of aromatic nitrogens is 3. The van der Waals surface area contributed by atoms with Gasteiger partial charge in [-0.3, -0.25) is 9.97 Å². The van der Waals surface area contributed by atoms with Gasteiger partial charge in [0, 0.05) is 42.6 Å². The third kappa shape index (κ3) is 4.48. The molecule has 3 heterocycles. The van der Waals surface area contributed by atoms with Crippen molar-refractivity contribution < 1.29 is 19.3 Å². The van der Waals surface area contributed by atoms with E-state index in [0.717, 1.165) is 22.3 Å². The van der Waals surface area contributed by atoms with Gasteiger partial charge in [-0.1, -0.05) is 6.07 Å². The normalized spacial score (nSPS) is 10.9. The Bertz CT molecular complexity index is 1230. The molecular formula is C25H25N3O4. The number of pyridine rings is 3. The molecule has 7 heteroatoms. The number of fused-ring (bicyclic) bond motifs is 1. The Balaban J connectivity index is 1.77. The second kappa shape index (κ2) is 9.62. The molecule has 0 atom stereocenters. The van der Waals surface area contributed by atoms with E-state index >= 15 is 0 Å². The zero-order chi connectivity index (χ0) is 22.5. The van der Waals surface area contributed by atoms with Crippen molar-refractivity contribution in [2.45, 2.75) is 20.3 Å². The number of aliphatic hydroxyl groups is 1. The number of nitrogens with zero attached hydrogens (tertiary/aromatic N) is 3. The Labute approximate surface area is 186 Å². The van der Waals surface area contributed by atoms with Gasteiger partial charge in [-0.15, -0.1) is 0 Å². The van der Waals surface area contributed by atoms with Crippen LogP contribution in [0.5, 0.6) is 23.0 Å². The molecule has 32 heavy (non-hydrogen) atoms. The quantitative estimate of drug-likeness (QED) is 0.398. The van der Waals surface area contributed by atoms with E-state index in [0.29, 0.717) is 47.2 Å². The zero-order valence-corrected chi connectivity index (χ0v) is 18.3. The topological polar surface area (TPSA) is 86.6 Å². The van der Waals surface area contributed by atoms with Crippen LogP contribution in [0, 0.1) is 13.8 Å². The van der Waals surface area contributed by atoms with Crippen LogP contribution in [0.1, 0.15) is 17.7 Å². The Morgan fingerprint density at radius 3 is 2.53 bits per heavy atom. The van der Waals surface area contributed by atoms with Crippen LogP contribution in [0.4, 0.5) is 0 Å². The third-order valence-corrected chi connectivity index (χ3v) is 5.11. The van der Waals surface area contributed by atoms with Gasteiger partial charge in [0.15, 0.2) is 17.2 Å². The molecule has 4 rings (SSSR count). The van der Waals surface area contributed by atoms with Crippen molar-refractivity contribution in [3.63, 3.8) is 0 Å². The summed E-state index contributed by atoms with van der Waals surface area (Å²) in [7, 11) is 1.59. The van der Waals surface area contributed by atoms with Gasteiger partial charge < -0.3 is 19.3 Å². The number of hydrogen-bond acceptors (Lipinski definition) is 7. The first-order chi connectivity index (χ1) is 15.6. The minimum absolute atomic E-state index is 0.0642. The molecule has 7 nitrogen and oxygen atoms in total. The highest BCUT2D eigenvalue weighted by molar-refractivity contribution is 5.88. The lowest BCUT2D eigenvalue weighted by Gasteiger charge is -2.16. The fraction of sp³-hybridized carbons (Fsp3) is 0.240. The first kappa shape index (κ1) is 21.5. The molecule has 1 N–H and O–H groups in total. The molecule has 0 saturated heterocycles. The average molecular weight is 431 g/mol. The molecule has 0 saturated carbocycles. The van der Waals surface area contributed by atoms with Gasteiger partial charge in [-0.25, -0.2) is 4.98 Å². The molecule has 0 aliphatic heterocycles. The van der Waals surface area contributed by atoms with Crippen molar-refractivity contribution in [3.8, 4) is 34.4 Å². The van der Waals surface area contributed by atoms with Gasteiger partial charge in [0.2, 0.25) is 0 Å². The largest absolute Gasteiger partial charge is 0.493 e. The summed E-state index contributed by atoms with van der Waals surface area (Å²) in [4.78, 5) is 13.7. The van der Waals surface area contributed by atoms with Crippen molar-refractivity contribution in [1.29, 1.82) is 0 Å². The Kier molecular flexibility index (Phi) is 6.47. The average Bonchev–Trinajstić information content (AvgIpc) is 2.81. The van der Waals surface area contributed by atoms with Crippen LogP contribution in [-0.4, -0.2) is 40.4 Å². The summed E-state index contributed by atoms with van der Waals surface area (Å²) in [5.41, 5.74) is 4.06. The van der Waals surface area contributed by atoms with Crippen LogP contribution < -0.4 is 14.2 Å². The van der Waals surface area contributed by atoms with Crippen molar-refractivity contribution in [3.05, 3.63) is 66.1 Å². The van der Waals surface area contributed by atoms with E-state index in [1.807, 2.05) is 56.3 Å². The summed E-state index contributed by atoms with van der Waals surface area (Å²) in [5, 5.41) is 9.79. The van der Waals surface area contributed by atoms with Crippen LogP contribution in [-0.2, 0) is 0 Å². The molecule has 0 fully saturated rings. The molecule has 0 bridgehead atoms. The van der Waals surface area contributed by atoms with E-state index in [1.54, 1.807) is 19.5 Å². The van der Waals surface area contributed by atoms with Crippen molar-refractivity contribution in [1.82, 2.24) is 15.0 Å². The second-order valence-corrected chi connectivity index (χ2v) is 7.31. The number of methoxy groups -OCH3 is 1. The molecule has 4 aromatic rings. The van der Waals surface area contributed by atoms with Crippen molar-refractivity contribution in [2.75, 3.05) is 20.3 Å². The minimum Gasteiger partial charge on any atom is -0.493 e. The van der Waals surface area contributed by atoms with Crippen LogP contribution in [0.3, 0.4) is 0 Å². The molecule has 0 amide bonds. The molecule has 1 aromatic carbocycles. The molecule has 3 aromatic heterocycles. The maximum absolute atomic E-state index is 9.01. The van der Waals surface area contributed by atoms with Crippen LogP contribution in [0.15, 0.2) is 54.9 Å². The number of rotatable bonds is 8. The second-order valence-electron chi connectivity index (χ2n) is 7.31. The highest BCUT2D eigenvalue weighted by Crippen LogP contribution is 2.39. The fourth-order valence-electron chi connectivity index (χ4n) is 3.30. The van der Waals surface area contributed by atoms with Gasteiger partial charge in [-0.05, 0) is 49.7 Å². The highest BCUT2D eigenvalue weighted by atomic mass is 16.5. The van der Waals surface area contributed by atoms with E-state index in [4.69, 9.17) is 24.3 Å². The maximum atomic E-state index is 9.01. The van der Waals surface area contributed by atoms with Gasteiger partial charge in [-0.2, -0.15) is 0 Å². The molecule has 164 valence electrons. The lowest BCUT2D eigenvalue weighted by molar-refractivity contribution is 0.228. The Morgan fingerprint density at radius 1 is 0.906 bits per heavy atom. The van der Waals surface area contributed by atoms with Gasteiger partial charge >= 0.3 is 0 Å². The predicted octanol–water partition coefficient (Wildman–Crippen LogP) is 4.87. The fourth-order valence-corrected chi connectivity index (χ4v) is 3.30. The van der Waals surface area contributed by atoms with Gasteiger partial charge in [0.1, 0.15) is 11.4 Å².